The van der Waals surface area contributed by atoms with Crippen molar-refractivity contribution in [2.45, 2.75) is 52.0 Å². The first-order chi connectivity index (χ1) is 6.27. The van der Waals surface area contributed by atoms with Crippen molar-refractivity contribution in [2.24, 2.45) is 0 Å². The molecule has 0 radical (unpaired) electrons. The maximum absolute atomic E-state index is 11.3. The zero-order valence-electron chi connectivity index (χ0n) is 8.88. The molecule has 0 heterocycles. The van der Waals surface area contributed by atoms with Crippen molar-refractivity contribution >= 4 is 5.78 Å². The summed E-state index contributed by atoms with van der Waals surface area (Å²) in [5.74, 6) is 0.392. The van der Waals surface area contributed by atoms with Gasteiger partial charge in [-0.25, -0.2) is 0 Å². The molecule has 0 aliphatic heterocycles. The Bertz CT molecular complexity index is 163. The summed E-state index contributed by atoms with van der Waals surface area (Å²) in [7, 11) is 0. The van der Waals surface area contributed by atoms with Crippen molar-refractivity contribution in [3.8, 4) is 0 Å². The van der Waals surface area contributed by atoms with Gasteiger partial charge in [0.2, 0.25) is 0 Å². The van der Waals surface area contributed by atoms with E-state index in [9.17, 15) is 4.79 Å². The van der Waals surface area contributed by atoms with E-state index in [2.05, 4.69) is 11.8 Å². The summed E-state index contributed by atoms with van der Waals surface area (Å²) >= 11 is 0. The third-order valence-corrected chi connectivity index (χ3v) is 2.64. The van der Waals surface area contributed by atoms with Crippen LogP contribution in [0.15, 0.2) is 0 Å². The van der Waals surface area contributed by atoms with Crippen LogP contribution in [0.3, 0.4) is 0 Å². The minimum absolute atomic E-state index is 0.392. The highest BCUT2D eigenvalue weighted by Gasteiger charge is 2.29. The third kappa shape index (κ3) is 3.90. The molecule has 0 bridgehead atoms. The molecule has 0 aromatic rings. The topological polar surface area (TPSA) is 20.3 Å². The van der Waals surface area contributed by atoms with Crippen molar-refractivity contribution < 1.29 is 4.79 Å². The van der Waals surface area contributed by atoms with Gasteiger partial charge in [0.25, 0.3) is 0 Å². The predicted molar refractivity (Wildman–Crippen MR) is 54.8 cm³/mol. The highest BCUT2D eigenvalue weighted by molar-refractivity contribution is 5.80. The molecule has 0 N–H and O–H groups in total. The van der Waals surface area contributed by atoms with E-state index in [0.29, 0.717) is 18.7 Å². The van der Waals surface area contributed by atoms with Crippen molar-refractivity contribution in [3.05, 3.63) is 0 Å². The maximum Gasteiger partial charge on any atom is 0.146 e. The lowest BCUT2D eigenvalue weighted by atomic mass is 10.2. The SMILES string of the molecule is CCCCN(CC(=O)CC)C1CC1. The van der Waals surface area contributed by atoms with Crippen molar-refractivity contribution in [1.29, 1.82) is 0 Å². The summed E-state index contributed by atoms with van der Waals surface area (Å²) in [6, 6.07) is 0.738. The van der Waals surface area contributed by atoms with Crippen LogP contribution in [0.1, 0.15) is 46.0 Å². The molecule has 0 amide bonds. The Hall–Kier alpha value is -0.370. The van der Waals surface area contributed by atoms with E-state index in [1.807, 2.05) is 6.92 Å². The van der Waals surface area contributed by atoms with Crippen molar-refractivity contribution in [3.63, 3.8) is 0 Å². The molecule has 76 valence electrons. The molecule has 1 saturated carbocycles. The molecule has 0 aromatic heterocycles. The summed E-state index contributed by atoms with van der Waals surface area (Å²) in [5.41, 5.74) is 0. The number of Topliss-reactive ketones (excluding diaryl/α,β-unsaturated/α-hetero) is 1. The van der Waals surface area contributed by atoms with Gasteiger partial charge < -0.3 is 0 Å². The molecule has 1 aliphatic rings. The van der Waals surface area contributed by atoms with Crippen LogP contribution in [0, 0.1) is 0 Å². The van der Waals surface area contributed by atoms with Crippen LogP contribution in [-0.2, 0) is 4.79 Å². The van der Waals surface area contributed by atoms with Gasteiger partial charge in [-0.15, -0.1) is 0 Å². The van der Waals surface area contributed by atoms with Gasteiger partial charge in [-0.05, 0) is 25.8 Å². The number of ketones is 1. The van der Waals surface area contributed by atoms with Gasteiger partial charge in [0, 0.05) is 12.5 Å². The van der Waals surface area contributed by atoms with Crippen LogP contribution in [0.2, 0.25) is 0 Å². The zero-order valence-corrected chi connectivity index (χ0v) is 8.88. The molecule has 2 heteroatoms. The molecular weight excluding hydrogens is 162 g/mol. The Morgan fingerprint density at radius 1 is 1.38 bits per heavy atom. The Morgan fingerprint density at radius 2 is 2.08 bits per heavy atom. The molecule has 13 heavy (non-hydrogen) atoms. The number of rotatable bonds is 7. The first-order valence-electron chi connectivity index (χ1n) is 5.53. The van der Waals surface area contributed by atoms with E-state index in [1.165, 1.54) is 25.7 Å². The molecule has 1 rings (SSSR count). The van der Waals surface area contributed by atoms with Gasteiger partial charge in [-0.3, -0.25) is 9.69 Å². The molecule has 0 saturated heterocycles. The number of carbonyl (C=O) groups excluding carboxylic acids is 1. The molecule has 0 unspecified atom stereocenters. The highest BCUT2D eigenvalue weighted by Crippen LogP contribution is 2.26. The minimum Gasteiger partial charge on any atom is -0.298 e. The van der Waals surface area contributed by atoms with Crippen LogP contribution < -0.4 is 0 Å². The minimum atomic E-state index is 0.392. The Labute approximate surface area is 81.3 Å². The summed E-state index contributed by atoms with van der Waals surface area (Å²) < 4.78 is 0. The van der Waals surface area contributed by atoms with E-state index < -0.39 is 0 Å². The summed E-state index contributed by atoms with van der Waals surface area (Å²) in [4.78, 5) is 13.6. The highest BCUT2D eigenvalue weighted by atomic mass is 16.1. The molecule has 2 nitrogen and oxygen atoms in total. The third-order valence-electron chi connectivity index (χ3n) is 2.64. The maximum atomic E-state index is 11.3. The number of unbranched alkanes of at least 4 members (excludes halogenated alkanes) is 1. The van der Waals surface area contributed by atoms with E-state index in [4.69, 9.17) is 0 Å². The van der Waals surface area contributed by atoms with Gasteiger partial charge in [-0.1, -0.05) is 20.3 Å². The van der Waals surface area contributed by atoms with Gasteiger partial charge in [0.05, 0.1) is 6.54 Å². The molecule has 1 fully saturated rings. The second kappa shape index (κ2) is 5.38. The lowest BCUT2D eigenvalue weighted by Crippen LogP contribution is -2.32. The fraction of sp³-hybridized carbons (Fsp3) is 0.909. The lowest BCUT2D eigenvalue weighted by Gasteiger charge is -2.20. The predicted octanol–water partition coefficient (Wildman–Crippen LogP) is 2.23. The van der Waals surface area contributed by atoms with Crippen LogP contribution in [-0.4, -0.2) is 29.8 Å². The fourth-order valence-corrected chi connectivity index (χ4v) is 1.53. The molecule has 1 aliphatic carbocycles. The standard InChI is InChI=1S/C11H21NO/c1-3-5-8-12(10-6-7-10)9-11(13)4-2/h10H,3-9H2,1-2H3. The van der Waals surface area contributed by atoms with Gasteiger partial charge >= 0.3 is 0 Å². The van der Waals surface area contributed by atoms with Gasteiger partial charge in [0.1, 0.15) is 5.78 Å². The second-order valence-electron chi connectivity index (χ2n) is 3.95. The second-order valence-corrected chi connectivity index (χ2v) is 3.95. The summed E-state index contributed by atoms with van der Waals surface area (Å²) in [6.07, 6.45) is 5.76. The molecule has 0 aromatic carbocycles. The van der Waals surface area contributed by atoms with Crippen LogP contribution in [0.4, 0.5) is 0 Å². The zero-order chi connectivity index (χ0) is 9.68. The van der Waals surface area contributed by atoms with Crippen LogP contribution in [0.25, 0.3) is 0 Å². The summed E-state index contributed by atoms with van der Waals surface area (Å²) in [5, 5.41) is 0. The number of hydrogen-bond donors (Lipinski definition) is 0. The molecule has 0 atom stereocenters. The molecule has 0 spiro atoms. The monoisotopic (exact) mass is 183 g/mol. The van der Waals surface area contributed by atoms with E-state index in [0.717, 1.165) is 12.6 Å². The molecular formula is C11H21NO. The van der Waals surface area contributed by atoms with Gasteiger partial charge in [0.15, 0.2) is 0 Å². The number of carbonyl (C=O) groups is 1. The normalized spacial score (nSPS) is 16.5. The van der Waals surface area contributed by atoms with E-state index >= 15 is 0 Å². The Balaban J connectivity index is 2.24. The first-order valence-corrected chi connectivity index (χ1v) is 5.53. The van der Waals surface area contributed by atoms with Crippen LogP contribution >= 0.6 is 0 Å². The van der Waals surface area contributed by atoms with Gasteiger partial charge in [-0.2, -0.15) is 0 Å². The lowest BCUT2D eigenvalue weighted by molar-refractivity contribution is -0.120. The average Bonchev–Trinajstić information content (AvgIpc) is 2.94. The smallest absolute Gasteiger partial charge is 0.146 e. The summed E-state index contributed by atoms with van der Waals surface area (Å²) in [6.45, 7) is 5.97. The Morgan fingerprint density at radius 3 is 2.54 bits per heavy atom. The van der Waals surface area contributed by atoms with Crippen molar-refractivity contribution in [1.82, 2.24) is 4.90 Å². The fourth-order valence-electron chi connectivity index (χ4n) is 1.53. The quantitative estimate of drug-likeness (QED) is 0.603. The number of nitrogens with zero attached hydrogens (tertiary/aromatic N) is 1. The average molecular weight is 183 g/mol. The van der Waals surface area contributed by atoms with E-state index in [1.54, 1.807) is 0 Å². The first kappa shape index (κ1) is 10.7. The van der Waals surface area contributed by atoms with Crippen LogP contribution in [0.5, 0.6) is 0 Å². The van der Waals surface area contributed by atoms with Crippen molar-refractivity contribution in [2.75, 3.05) is 13.1 Å². The largest absolute Gasteiger partial charge is 0.298 e. The van der Waals surface area contributed by atoms with E-state index in [-0.39, 0.29) is 0 Å². The Kier molecular flexibility index (Phi) is 4.43. The number of hydrogen-bond acceptors (Lipinski definition) is 2.